The van der Waals surface area contributed by atoms with E-state index in [0.29, 0.717) is 21.1 Å². The number of anilines is 1. The number of amides is 1. The monoisotopic (exact) mass is 453 g/mol. The average Bonchev–Trinajstić information content (AvgIpc) is 3.34. The molecule has 1 N–H and O–H groups in total. The molecule has 0 aliphatic heterocycles. The molecule has 8 heteroatoms. The zero-order valence-electron chi connectivity index (χ0n) is 17.8. The molecule has 0 unspecified atom stereocenters. The Morgan fingerprint density at radius 2 is 2.03 bits per heavy atom. The third-order valence-electron chi connectivity index (χ3n) is 5.15. The Kier molecular flexibility index (Phi) is 6.02. The molecular formula is C23H23N3O3S2. The van der Waals surface area contributed by atoms with E-state index < -0.39 is 0 Å². The van der Waals surface area contributed by atoms with Crippen molar-refractivity contribution in [2.75, 3.05) is 11.1 Å². The number of nitrogens with zero attached hydrogens (tertiary/aromatic N) is 2. The molecular weight excluding hydrogens is 430 g/mol. The maximum atomic E-state index is 13.3. The van der Waals surface area contributed by atoms with Gasteiger partial charge in [-0.1, -0.05) is 23.9 Å². The molecule has 3 aromatic heterocycles. The van der Waals surface area contributed by atoms with Crippen LogP contribution in [-0.2, 0) is 11.3 Å². The number of fused-ring (bicyclic) bond motifs is 1. The highest BCUT2D eigenvalue weighted by Crippen LogP contribution is 2.29. The van der Waals surface area contributed by atoms with E-state index in [0.717, 1.165) is 27.3 Å². The number of aromatic nitrogens is 2. The lowest BCUT2D eigenvalue weighted by Gasteiger charge is -2.12. The molecule has 0 spiro atoms. The molecule has 6 nitrogen and oxygen atoms in total. The summed E-state index contributed by atoms with van der Waals surface area (Å²) in [4.78, 5) is 32.4. The first-order valence-electron chi connectivity index (χ1n) is 9.86. The number of rotatable bonds is 6. The Bertz CT molecular complexity index is 1320. The molecule has 1 amide bonds. The molecule has 1 aromatic carbocycles. The van der Waals surface area contributed by atoms with Gasteiger partial charge in [-0.05, 0) is 62.6 Å². The van der Waals surface area contributed by atoms with Crippen molar-refractivity contribution < 1.29 is 9.21 Å². The Balaban J connectivity index is 1.63. The smallest absolute Gasteiger partial charge is 0.263 e. The number of thioether (sulfide) groups is 1. The lowest BCUT2D eigenvalue weighted by Crippen LogP contribution is -2.24. The maximum absolute atomic E-state index is 13.3. The van der Waals surface area contributed by atoms with E-state index >= 15 is 0 Å². The van der Waals surface area contributed by atoms with Crippen molar-refractivity contribution in [3.05, 3.63) is 74.3 Å². The summed E-state index contributed by atoms with van der Waals surface area (Å²) in [6.07, 6.45) is 1.58. The Hall–Kier alpha value is -2.84. The number of furan rings is 1. The normalized spacial score (nSPS) is 11.2. The fourth-order valence-electron chi connectivity index (χ4n) is 3.30. The van der Waals surface area contributed by atoms with Gasteiger partial charge in [0.25, 0.3) is 5.56 Å². The molecule has 4 aromatic rings. The molecule has 0 bridgehead atoms. The van der Waals surface area contributed by atoms with Gasteiger partial charge in [0.2, 0.25) is 5.91 Å². The molecule has 0 aliphatic rings. The first-order valence-corrected chi connectivity index (χ1v) is 11.7. The lowest BCUT2D eigenvalue weighted by molar-refractivity contribution is -0.113. The highest BCUT2D eigenvalue weighted by atomic mass is 32.2. The predicted molar refractivity (Wildman–Crippen MR) is 126 cm³/mol. The number of thiophene rings is 1. The van der Waals surface area contributed by atoms with E-state index in [1.165, 1.54) is 23.1 Å². The van der Waals surface area contributed by atoms with Crippen molar-refractivity contribution in [3.63, 3.8) is 0 Å². The molecule has 4 rings (SSSR count). The third-order valence-corrected chi connectivity index (χ3v) is 7.22. The van der Waals surface area contributed by atoms with E-state index in [1.807, 2.05) is 52.0 Å². The van der Waals surface area contributed by atoms with Crippen molar-refractivity contribution in [2.24, 2.45) is 0 Å². The zero-order chi connectivity index (χ0) is 22.1. The lowest BCUT2D eigenvalue weighted by atomic mass is 10.1. The van der Waals surface area contributed by atoms with Gasteiger partial charge in [-0.25, -0.2) is 4.98 Å². The quantitative estimate of drug-likeness (QED) is 0.326. The molecule has 3 heterocycles. The molecule has 0 radical (unpaired) electrons. The summed E-state index contributed by atoms with van der Waals surface area (Å²) < 4.78 is 7.04. The van der Waals surface area contributed by atoms with E-state index in [1.54, 1.807) is 16.9 Å². The first-order chi connectivity index (χ1) is 14.8. The number of nitrogens with one attached hydrogen (secondary N) is 1. The summed E-state index contributed by atoms with van der Waals surface area (Å²) in [6.45, 7) is 8.15. The molecule has 0 aliphatic carbocycles. The summed E-state index contributed by atoms with van der Waals surface area (Å²) in [6, 6.07) is 9.56. The van der Waals surface area contributed by atoms with Crippen LogP contribution in [0.4, 0.5) is 5.69 Å². The van der Waals surface area contributed by atoms with E-state index in [-0.39, 0.29) is 23.8 Å². The van der Waals surface area contributed by atoms with Crippen LogP contribution in [0.3, 0.4) is 0 Å². The summed E-state index contributed by atoms with van der Waals surface area (Å²) in [5.74, 6) is 0.665. The summed E-state index contributed by atoms with van der Waals surface area (Å²) >= 11 is 2.76. The molecule has 0 saturated carbocycles. The minimum absolute atomic E-state index is 0.110. The third kappa shape index (κ3) is 4.45. The van der Waals surface area contributed by atoms with E-state index in [9.17, 15) is 9.59 Å². The van der Waals surface area contributed by atoms with Crippen LogP contribution in [-0.4, -0.2) is 21.2 Å². The topological polar surface area (TPSA) is 77.1 Å². The highest BCUT2D eigenvalue weighted by Gasteiger charge is 2.18. The van der Waals surface area contributed by atoms with Crippen LogP contribution in [0, 0.1) is 27.7 Å². The van der Waals surface area contributed by atoms with E-state index in [2.05, 4.69) is 5.32 Å². The Morgan fingerprint density at radius 3 is 2.77 bits per heavy atom. The SMILES string of the molecule is Cc1ccc(C)c(NC(=O)CSc2nc3sc(C)c(C)c3c(=O)n2Cc2ccco2)c1. The van der Waals surface area contributed by atoms with Crippen LogP contribution in [0.5, 0.6) is 0 Å². The minimum atomic E-state index is -0.142. The number of benzene rings is 1. The number of hydrogen-bond donors (Lipinski definition) is 1. The van der Waals surface area contributed by atoms with Crippen LogP contribution < -0.4 is 10.9 Å². The molecule has 31 heavy (non-hydrogen) atoms. The molecule has 160 valence electrons. The van der Waals surface area contributed by atoms with Crippen LogP contribution >= 0.6 is 23.1 Å². The molecule has 0 saturated heterocycles. The molecule has 0 fully saturated rings. The Labute approximate surface area is 188 Å². The summed E-state index contributed by atoms with van der Waals surface area (Å²) in [5.41, 5.74) is 3.72. The number of carbonyl (C=O) groups excluding carboxylic acids is 1. The molecule has 0 atom stereocenters. The first kappa shape index (κ1) is 21.4. The van der Waals surface area contributed by atoms with Gasteiger partial charge >= 0.3 is 0 Å². The van der Waals surface area contributed by atoms with E-state index in [4.69, 9.17) is 9.40 Å². The fraction of sp³-hybridized carbons (Fsp3) is 0.261. The summed E-state index contributed by atoms with van der Waals surface area (Å²) in [5, 5.41) is 4.10. The van der Waals surface area contributed by atoms with Gasteiger partial charge in [0, 0.05) is 10.6 Å². The second-order valence-electron chi connectivity index (χ2n) is 7.48. The van der Waals surface area contributed by atoms with Crippen molar-refractivity contribution in [2.45, 2.75) is 39.4 Å². The van der Waals surface area contributed by atoms with Gasteiger partial charge in [-0.2, -0.15) is 0 Å². The van der Waals surface area contributed by atoms with Gasteiger partial charge in [0.05, 0.1) is 23.9 Å². The maximum Gasteiger partial charge on any atom is 0.263 e. The van der Waals surface area contributed by atoms with Crippen molar-refractivity contribution in [1.82, 2.24) is 9.55 Å². The second-order valence-corrected chi connectivity index (χ2v) is 9.63. The largest absolute Gasteiger partial charge is 0.467 e. The second kappa shape index (κ2) is 8.72. The van der Waals surface area contributed by atoms with Crippen LogP contribution in [0.25, 0.3) is 10.2 Å². The van der Waals surface area contributed by atoms with Gasteiger partial charge in [-0.3, -0.25) is 14.2 Å². The van der Waals surface area contributed by atoms with Crippen molar-refractivity contribution in [3.8, 4) is 0 Å². The van der Waals surface area contributed by atoms with Gasteiger partial charge < -0.3 is 9.73 Å². The minimum Gasteiger partial charge on any atom is -0.467 e. The average molecular weight is 454 g/mol. The zero-order valence-corrected chi connectivity index (χ0v) is 19.4. The summed E-state index contributed by atoms with van der Waals surface area (Å²) in [7, 11) is 0. The predicted octanol–water partition coefficient (Wildman–Crippen LogP) is 5.06. The van der Waals surface area contributed by atoms with Crippen LogP contribution in [0.1, 0.15) is 27.3 Å². The fourth-order valence-corrected chi connectivity index (χ4v) is 5.17. The number of hydrogen-bond acceptors (Lipinski definition) is 6. The van der Waals surface area contributed by atoms with Gasteiger partial charge in [0.1, 0.15) is 10.6 Å². The van der Waals surface area contributed by atoms with Crippen molar-refractivity contribution in [1.29, 1.82) is 0 Å². The van der Waals surface area contributed by atoms with Crippen LogP contribution in [0.2, 0.25) is 0 Å². The number of carbonyl (C=O) groups is 1. The number of aryl methyl sites for hydroxylation is 4. The van der Waals surface area contributed by atoms with Gasteiger partial charge in [-0.15, -0.1) is 11.3 Å². The highest BCUT2D eigenvalue weighted by molar-refractivity contribution is 7.99. The van der Waals surface area contributed by atoms with Crippen molar-refractivity contribution >= 4 is 44.9 Å². The standard InChI is InChI=1S/C23H23N3O3S2/c1-13-7-8-14(2)18(10-13)24-19(27)12-30-23-25-21-20(15(3)16(4)31-21)22(28)26(23)11-17-6-5-9-29-17/h5-10H,11-12H2,1-4H3,(H,24,27). The van der Waals surface area contributed by atoms with Gasteiger partial charge in [0.15, 0.2) is 5.16 Å². The Morgan fingerprint density at radius 1 is 1.23 bits per heavy atom. The van der Waals surface area contributed by atoms with Crippen LogP contribution in [0.15, 0.2) is 51.0 Å².